The molecule has 22 heavy (non-hydrogen) atoms. The van der Waals surface area contributed by atoms with E-state index in [1.165, 1.54) is 0 Å². The lowest BCUT2D eigenvalue weighted by Gasteiger charge is -2.02. The molecule has 1 heterocycles. The number of carbonyl (C=O) groups excluding carboxylic acids is 1. The summed E-state index contributed by atoms with van der Waals surface area (Å²) in [7, 11) is 0. The van der Waals surface area contributed by atoms with E-state index in [9.17, 15) is 4.79 Å². The standard InChI is InChI=1S/C17H16N4O/c1-13-7-9-15(10-8-13)16(22)19-17-18-12-21(20-17)11-14-5-3-2-4-6-14/h2-10,12H,11H2,1H3,(H,19,20,22). The van der Waals surface area contributed by atoms with Crippen molar-refractivity contribution in [3.8, 4) is 0 Å². The maximum atomic E-state index is 12.1. The SMILES string of the molecule is Cc1ccc(C(=O)Nc2ncn(Cc3ccccc3)n2)cc1. The molecular formula is C17H16N4O. The molecule has 0 aliphatic heterocycles. The molecule has 1 N–H and O–H groups in total. The van der Waals surface area contributed by atoms with E-state index in [-0.39, 0.29) is 5.91 Å². The van der Waals surface area contributed by atoms with Crippen LogP contribution in [-0.4, -0.2) is 20.7 Å². The molecule has 110 valence electrons. The summed E-state index contributed by atoms with van der Waals surface area (Å²) in [5.74, 6) is 0.0963. The van der Waals surface area contributed by atoms with Gasteiger partial charge in [0.2, 0.25) is 5.95 Å². The molecule has 0 saturated carbocycles. The molecule has 0 saturated heterocycles. The van der Waals surface area contributed by atoms with E-state index < -0.39 is 0 Å². The highest BCUT2D eigenvalue weighted by Crippen LogP contribution is 2.07. The zero-order valence-electron chi connectivity index (χ0n) is 12.2. The molecule has 5 nitrogen and oxygen atoms in total. The highest BCUT2D eigenvalue weighted by Gasteiger charge is 2.09. The summed E-state index contributed by atoms with van der Waals surface area (Å²) in [6.45, 7) is 2.60. The second-order valence-corrected chi connectivity index (χ2v) is 5.07. The average molecular weight is 292 g/mol. The van der Waals surface area contributed by atoms with Crippen LogP contribution in [0, 0.1) is 6.92 Å². The lowest BCUT2D eigenvalue weighted by molar-refractivity contribution is 0.102. The van der Waals surface area contributed by atoms with Gasteiger partial charge in [-0.1, -0.05) is 48.0 Å². The van der Waals surface area contributed by atoms with Crippen molar-refractivity contribution >= 4 is 11.9 Å². The first-order chi connectivity index (χ1) is 10.7. The molecular weight excluding hydrogens is 276 g/mol. The molecule has 0 fully saturated rings. The van der Waals surface area contributed by atoms with E-state index in [2.05, 4.69) is 15.4 Å². The Kier molecular flexibility index (Phi) is 3.96. The van der Waals surface area contributed by atoms with Gasteiger partial charge in [0.05, 0.1) is 6.54 Å². The van der Waals surface area contributed by atoms with Gasteiger partial charge in [-0.2, -0.15) is 0 Å². The first-order valence-corrected chi connectivity index (χ1v) is 7.02. The summed E-state index contributed by atoms with van der Waals surface area (Å²) in [4.78, 5) is 16.2. The number of rotatable bonds is 4. The Morgan fingerprint density at radius 2 is 1.82 bits per heavy atom. The monoisotopic (exact) mass is 292 g/mol. The van der Waals surface area contributed by atoms with E-state index in [4.69, 9.17) is 0 Å². The summed E-state index contributed by atoms with van der Waals surface area (Å²) in [6, 6.07) is 17.3. The van der Waals surface area contributed by atoms with Crippen molar-refractivity contribution in [2.75, 3.05) is 5.32 Å². The molecule has 0 unspecified atom stereocenters. The second-order valence-electron chi connectivity index (χ2n) is 5.07. The number of carbonyl (C=O) groups is 1. The number of hydrogen-bond donors (Lipinski definition) is 1. The molecule has 0 radical (unpaired) electrons. The van der Waals surface area contributed by atoms with Crippen molar-refractivity contribution in [2.24, 2.45) is 0 Å². The van der Waals surface area contributed by atoms with Crippen molar-refractivity contribution in [3.05, 3.63) is 77.6 Å². The molecule has 1 aromatic heterocycles. The van der Waals surface area contributed by atoms with E-state index in [0.717, 1.165) is 11.1 Å². The minimum atomic E-state index is -0.211. The van der Waals surface area contributed by atoms with Crippen molar-refractivity contribution in [1.29, 1.82) is 0 Å². The van der Waals surface area contributed by atoms with Crippen LogP contribution in [0.15, 0.2) is 60.9 Å². The molecule has 0 aliphatic carbocycles. The summed E-state index contributed by atoms with van der Waals surface area (Å²) in [5, 5.41) is 6.96. The number of amides is 1. The number of nitrogens with one attached hydrogen (secondary N) is 1. The van der Waals surface area contributed by atoms with Crippen molar-refractivity contribution < 1.29 is 4.79 Å². The fourth-order valence-corrected chi connectivity index (χ4v) is 2.08. The Balaban J connectivity index is 1.66. The Morgan fingerprint density at radius 3 is 2.55 bits per heavy atom. The van der Waals surface area contributed by atoms with Crippen LogP contribution in [0.5, 0.6) is 0 Å². The predicted octanol–water partition coefficient (Wildman–Crippen LogP) is 2.89. The van der Waals surface area contributed by atoms with Crippen molar-refractivity contribution in [1.82, 2.24) is 14.8 Å². The van der Waals surface area contributed by atoms with Crippen LogP contribution in [0.1, 0.15) is 21.5 Å². The third kappa shape index (κ3) is 3.38. The minimum absolute atomic E-state index is 0.211. The minimum Gasteiger partial charge on any atom is -0.289 e. The van der Waals surface area contributed by atoms with Crippen molar-refractivity contribution in [2.45, 2.75) is 13.5 Å². The van der Waals surface area contributed by atoms with E-state index in [1.54, 1.807) is 23.1 Å². The Labute approximate surface area is 128 Å². The number of aromatic nitrogens is 3. The summed E-state index contributed by atoms with van der Waals surface area (Å²) >= 11 is 0. The highest BCUT2D eigenvalue weighted by atomic mass is 16.1. The molecule has 0 bridgehead atoms. The Hall–Kier alpha value is -2.95. The van der Waals surface area contributed by atoms with Gasteiger partial charge in [-0.25, -0.2) is 9.67 Å². The van der Waals surface area contributed by atoms with Crippen LogP contribution in [-0.2, 0) is 6.54 Å². The van der Waals surface area contributed by atoms with Gasteiger partial charge in [0, 0.05) is 5.56 Å². The lowest BCUT2D eigenvalue weighted by Crippen LogP contribution is -2.13. The molecule has 2 aromatic carbocycles. The summed E-state index contributed by atoms with van der Waals surface area (Å²) in [6.07, 6.45) is 1.61. The fraction of sp³-hybridized carbons (Fsp3) is 0.118. The molecule has 0 aliphatic rings. The summed E-state index contributed by atoms with van der Waals surface area (Å²) in [5.41, 5.74) is 2.83. The van der Waals surface area contributed by atoms with Crippen LogP contribution in [0.2, 0.25) is 0 Å². The van der Waals surface area contributed by atoms with E-state index >= 15 is 0 Å². The number of nitrogens with zero attached hydrogens (tertiary/aromatic N) is 3. The van der Waals surface area contributed by atoms with Crippen LogP contribution < -0.4 is 5.32 Å². The fourth-order valence-electron chi connectivity index (χ4n) is 2.08. The highest BCUT2D eigenvalue weighted by molar-refractivity contribution is 6.03. The van der Waals surface area contributed by atoms with Gasteiger partial charge in [-0.3, -0.25) is 10.1 Å². The lowest BCUT2D eigenvalue weighted by atomic mass is 10.1. The molecule has 0 spiro atoms. The largest absolute Gasteiger partial charge is 0.289 e. The van der Waals surface area contributed by atoms with E-state index in [1.807, 2.05) is 49.4 Å². The quantitative estimate of drug-likeness (QED) is 0.804. The third-order valence-electron chi connectivity index (χ3n) is 3.26. The predicted molar refractivity (Wildman–Crippen MR) is 84.7 cm³/mol. The zero-order valence-corrected chi connectivity index (χ0v) is 12.2. The van der Waals surface area contributed by atoms with Gasteiger partial charge in [0.1, 0.15) is 6.33 Å². The topological polar surface area (TPSA) is 59.8 Å². The molecule has 3 aromatic rings. The van der Waals surface area contributed by atoms with E-state index in [0.29, 0.717) is 18.1 Å². The molecule has 5 heteroatoms. The molecule has 3 rings (SSSR count). The molecule has 1 amide bonds. The van der Waals surface area contributed by atoms with Gasteiger partial charge in [0.15, 0.2) is 0 Å². The van der Waals surface area contributed by atoms with Gasteiger partial charge in [0.25, 0.3) is 5.91 Å². The van der Waals surface area contributed by atoms with Gasteiger partial charge >= 0.3 is 0 Å². The van der Waals surface area contributed by atoms with Crippen LogP contribution in [0.25, 0.3) is 0 Å². The second kappa shape index (κ2) is 6.22. The van der Waals surface area contributed by atoms with Crippen LogP contribution in [0.4, 0.5) is 5.95 Å². The first-order valence-electron chi connectivity index (χ1n) is 7.02. The Bertz CT molecular complexity index is 763. The average Bonchev–Trinajstić information content (AvgIpc) is 2.96. The van der Waals surface area contributed by atoms with Gasteiger partial charge < -0.3 is 0 Å². The number of hydrogen-bond acceptors (Lipinski definition) is 3. The van der Waals surface area contributed by atoms with Gasteiger partial charge in [-0.15, -0.1) is 5.10 Å². The first kappa shape index (κ1) is 14.0. The normalized spacial score (nSPS) is 10.4. The van der Waals surface area contributed by atoms with Crippen LogP contribution >= 0.6 is 0 Å². The zero-order chi connectivity index (χ0) is 15.4. The maximum absolute atomic E-state index is 12.1. The maximum Gasteiger partial charge on any atom is 0.258 e. The summed E-state index contributed by atoms with van der Waals surface area (Å²) < 4.78 is 1.69. The third-order valence-corrected chi connectivity index (χ3v) is 3.26. The Morgan fingerprint density at radius 1 is 1.09 bits per heavy atom. The molecule has 0 atom stereocenters. The van der Waals surface area contributed by atoms with Crippen molar-refractivity contribution in [3.63, 3.8) is 0 Å². The number of benzene rings is 2. The number of anilines is 1. The number of aryl methyl sites for hydroxylation is 1. The smallest absolute Gasteiger partial charge is 0.258 e. The van der Waals surface area contributed by atoms with Gasteiger partial charge in [-0.05, 0) is 24.6 Å². The van der Waals surface area contributed by atoms with Crippen LogP contribution in [0.3, 0.4) is 0 Å².